The number of carbonyl (C=O) groups is 2. The Morgan fingerprint density at radius 2 is 1.63 bits per heavy atom. The van der Waals surface area contributed by atoms with E-state index in [1.165, 1.54) is 12.7 Å². The van der Waals surface area contributed by atoms with Crippen molar-refractivity contribution in [3.8, 4) is 0 Å². The van der Waals surface area contributed by atoms with Gasteiger partial charge >= 0.3 is 5.97 Å². The summed E-state index contributed by atoms with van der Waals surface area (Å²) >= 11 is 0. The van der Waals surface area contributed by atoms with E-state index in [-0.39, 0.29) is 39.0 Å². The van der Waals surface area contributed by atoms with Gasteiger partial charge < -0.3 is 9.84 Å². The third kappa shape index (κ3) is 3.01. The Morgan fingerprint density at radius 3 is 2.29 bits per heavy atom. The summed E-state index contributed by atoms with van der Waals surface area (Å²) < 4.78 is 5.22. The molecule has 0 saturated heterocycles. The minimum absolute atomic E-state index is 0.0494. The highest BCUT2D eigenvalue weighted by Crippen LogP contribution is 2.75. The summed E-state index contributed by atoms with van der Waals surface area (Å²) in [6, 6.07) is 0. The Hall–Kier alpha value is -1.16. The highest BCUT2D eigenvalue weighted by atomic mass is 16.5. The van der Waals surface area contributed by atoms with Gasteiger partial charge in [-0.05, 0) is 92.3 Å². The molecule has 5 rings (SSSR count). The van der Waals surface area contributed by atoms with Crippen molar-refractivity contribution >= 4 is 11.8 Å². The molecule has 5 aliphatic rings. The molecule has 4 saturated carbocycles. The molecule has 5 aliphatic carbocycles. The number of esters is 1. The lowest BCUT2D eigenvalue weighted by molar-refractivity contribution is -0.194. The van der Waals surface area contributed by atoms with Gasteiger partial charge in [-0.2, -0.15) is 0 Å². The molecule has 0 bridgehead atoms. The van der Waals surface area contributed by atoms with Gasteiger partial charge in [-0.25, -0.2) is 0 Å². The molecule has 0 aromatic heterocycles. The van der Waals surface area contributed by atoms with Crippen LogP contribution >= 0.6 is 0 Å². The van der Waals surface area contributed by atoms with Gasteiger partial charge in [0.1, 0.15) is 5.78 Å². The lowest BCUT2D eigenvalue weighted by Gasteiger charge is -2.71. The maximum Gasteiger partial charge on any atom is 0.311 e. The van der Waals surface area contributed by atoms with E-state index in [0.29, 0.717) is 30.5 Å². The molecule has 9 atom stereocenters. The van der Waals surface area contributed by atoms with Crippen molar-refractivity contribution in [2.45, 2.75) is 112 Å². The van der Waals surface area contributed by atoms with Crippen LogP contribution in [-0.2, 0) is 14.3 Å². The maximum absolute atomic E-state index is 12.9. The highest BCUT2D eigenvalue weighted by Gasteiger charge is 2.69. The molecule has 0 radical (unpaired) electrons. The van der Waals surface area contributed by atoms with E-state index in [0.717, 1.165) is 44.9 Å². The van der Waals surface area contributed by atoms with Crippen molar-refractivity contribution < 1.29 is 19.4 Å². The fourth-order valence-electron chi connectivity index (χ4n) is 10.7. The van der Waals surface area contributed by atoms with Gasteiger partial charge in [-0.15, -0.1) is 0 Å². The van der Waals surface area contributed by atoms with Crippen LogP contribution in [0.5, 0.6) is 0 Å². The second-order valence-electron chi connectivity index (χ2n) is 15.0. The standard InChI is InChI=1S/C31H48O4/c1-26(2)21-11-14-31(7)22(29(21,5)13-12-23(26)32)10-9-19-20-17-27(3,25(34)35-8)18-24(33)28(20,4)15-16-30(19,31)6/h9,20-22,24,33H,10-18H2,1-8H3. The number of hydrogen-bond donors (Lipinski definition) is 1. The zero-order valence-electron chi connectivity index (χ0n) is 23.4. The molecule has 35 heavy (non-hydrogen) atoms. The molecule has 0 spiro atoms. The van der Waals surface area contributed by atoms with Gasteiger partial charge in [0.05, 0.1) is 18.6 Å². The predicted molar refractivity (Wildman–Crippen MR) is 137 cm³/mol. The quantitative estimate of drug-likeness (QED) is 0.341. The number of hydrogen-bond acceptors (Lipinski definition) is 4. The normalized spacial score (nSPS) is 52.8. The van der Waals surface area contributed by atoms with Crippen molar-refractivity contribution in [1.82, 2.24) is 0 Å². The molecular formula is C31H48O4. The molecule has 1 N–H and O–H groups in total. The molecule has 9 unspecified atom stereocenters. The summed E-state index contributed by atoms with van der Waals surface area (Å²) in [5, 5.41) is 11.4. The summed E-state index contributed by atoms with van der Waals surface area (Å²) in [6.07, 6.45) is 10.4. The first-order valence-corrected chi connectivity index (χ1v) is 14.1. The number of Topliss-reactive ketones (excluding diaryl/α,β-unsaturated/α-hetero) is 1. The first kappa shape index (κ1) is 25.5. The number of rotatable bonds is 1. The van der Waals surface area contributed by atoms with Gasteiger partial charge in [-0.3, -0.25) is 9.59 Å². The van der Waals surface area contributed by atoms with Gasteiger partial charge in [-0.1, -0.05) is 53.2 Å². The Morgan fingerprint density at radius 1 is 0.943 bits per heavy atom. The second kappa shape index (κ2) is 7.45. The summed E-state index contributed by atoms with van der Waals surface area (Å²) in [5.41, 5.74) is 0.808. The monoisotopic (exact) mass is 484 g/mol. The Kier molecular flexibility index (Phi) is 5.43. The first-order chi connectivity index (χ1) is 16.1. The molecule has 4 nitrogen and oxygen atoms in total. The molecule has 4 fully saturated rings. The minimum Gasteiger partial charge on any atom is -0.469 e. The van der Waals surface area contributed by atoms with Crippen molar-refractivity contribution in [3.05, 3.63) is 11.6 Å². The van der Waals surface area contributed by atoms with Crippen molar-refractivity contribution in [2.24, 2.45) is 50.2 Å². The number of ether oxygens (including phenoxy) is 1. The zero-order chi connectivity index (χ0) is 25.8. The van der Waals surface area contributed by atoms with Crippen LogP contribution in [0.3, 0.4) is 0 Å². The number of ketones is 1. The largest absolute Gasteiger partial charge is 0.469 e. The summed E-state index contributed by atoms with van der Waals surface area (Å²) in [4.78, 5) is 25.8. The lowest BCUT2D eigenvalue weighted by atomic mass is 9.33. The van der Waals surface area contributed by atoms with E-state index in [4.69, 9.17) is 4.74 Å². The van der Waals surface area contributed by atoms with E-state index < -0.39 is 11.5 Å². The molecular weight excluding hydrogens is 436 g/mol. The number of allylic oxidation sites excluding steroid dienone is 2. The van der Waals surface area contributed by atoms with Crippen LogP contribution in [0.1, 0.15) is 106 Å². The topological polar surface area (TPSA) is 63.6 Å². The van der Waals surface area contributed by atoms with Crippen molar-refractivity contribution in [1.29, 1.82) is 0 Å². The number of aliphatic hydroxyl groups is 1. The first-order valence-electron chi connectivity index (χ1n) is 14.1. The fraction of sp³-hybridized carbons (Fsp3) is 0.871. The van der Waals surface area contributed by atoms with E-state index in [2.05, 4.69) is 47.6 Å². The zero-order valence-corrected chi connectivity index (χ0v) is 23.4. The van der Waals surface area contributed by atoms with E-state index in [1.807, 2.05) is 6.92 Å². The smallest absolute Gasteiger partial charge is 0.311 e. The van der Waals surface area contributed by atoms with Crippen molar-refractivity contribution in [2.75, 3.05) is 7.11 Å². The fourth-order valence-corrected chi connectivity index (χ4v) is 10.7. The Labute approximate surface area is 212 Å². The molecule has 196 valence electrons. The van der Waals surface area contributed by atoms with Gasteiger partial charge in [0.25, 0.3) is 0 Å². The number of fused-ring (bicyclic) bond motifs is 7. The van der Waals surface area contributed by atoms with Crippen LogP contribution < -0.4 is 0 Å². The lowest BCUT2D eigenvalue weighted by Crippen LogP contribution is -2.65. The molecule has 0 heterocycles. The predicted octanol–water partition coefficient (Wildman–Crippen LogP) is 6.50. The molecule has 0 aromatic rings. The van der Waals surface area contributed by atoms with Gasteiger partial charge in [0.15, 0.2) is 0 Å². The highest BCUT2D eigenvalue weighted by molar-refractivity contribution is 5.85. The molecule has 4 heteroatoms. The van der Waals surface area contributed by atoms with E-state index >= 15 is 0 Å². The number of carbonyl (C=O) groups excluding carboxylic acids is 2. The Balaban J connectivity index is 1.58. The van der Waals surface area contributed by atoms with Crippen molar-refractivity contribution in [3.63, 3.8) is 0 Å². The average molecular weight is 485 g/mol. The number of methoxy groups -OCH3 is 1. The van der Waals surface area contributed by atoms with E-state index in [1.54, 1.807) is 0 Å². The van der Waals surface area contributed by atoms with Crippen LogP contribution in [0.15, 0.2) is 11.6 Å². The summed E-state index contributed by atoms with van der Waals surface area (Å²) in [5.74, 6) is 1.46. The van der Waals surface area contributed by atoms with Crippen LogP contribution in [0.25, 0.3) is 0 Å². The summed E-state index contributed by atoms with van der Waals surface area (Å²) in [6.45, 7) is 16.2. The molecule has 0 amide bonds. The third-order valence-electron chi connectivity index (χ3n) is 13.3. The van der Waals surface area contributed by atoms with Crippen LogP contribution in [-0.4, -0.2) is 30.1 Å². The molecule has 0 aromatic carbocycles. The van der Waals surface area contributed by atoms with E-state index in [9.17, 15) is 14.7 Å². The van der Waals surface area contributed by atoms with Crippen LogP contribution in [0.2, 0.25) is 0 Å². The van der Waals surface area contributed by atoms with Crippen LogP contribution in [0.4, 0.5) is 0 Å². The van der Waals surface area contributed by atoms with Crippen LogP contribution in [0, 0.1) is 50.2 Å². The third-order valence-corrected chi connectivity index (χ3v) is 13.3. The molecule has 0 aliphatic heterocycles. The average Bonchev–Trinajstić information content (AvgIpc) is 2.78. The van der Waals surface area contributed by atoms with Gasteiger partial charge in [0, 0.05) is 17.3 Å². The Bertz CT molecular complexity index is 980. The maximum atomic E-state index is 12.9. The minimum atomic E-state index is -0.646. The summed E-state index contributed by atoms with van der Waals surface area (Å²) in [7, 11) is 1.47. The second-order valence-corrected chi connectivity index (χ2v) is 15.0. The van der Waals surface area contributed by atoms with Gasteiger partial charge in [0.2, 0.25) is 0 Å². The number of aliphatic hydroxyl groups excluding tert-OH is 1. The SMILES string of the molecule is COC(=O)C1(C)CC(O)C2(C)CCC3(C)C(=CCC4C5(C)CCC(=O)C(C)(C)C5CCC43C)C2C1.